The molecule has 0 aliphatic carbocycles. The smallest absolute Gasteiger partial charge is 0.287 e. The monoisotopic (exact) mass is 311 g/mol. The molecule has 0 aliphatic heterocycles. The van der Waals surface area contributed by atoms with E-state index in [1.807, 2.05) is 30.3 Å². The highest BCUT2D eigenvalue weighted by Gasteiger charge is 2.12. The minimum Gasteiger partial charge on any atom is -0.451 e. The molecule has 0 saturated carbocycles. The molecule has 0 unspecified atom stereocenters. The molecule has 3 rings (SSSR count). The van der Waals surface area contributed by atoms with Gasteiger partial charge in [0.15, 0.2) is 5.76 Å². The number of rotatable bonds is 6. The topological polar surface area (TPSA) is 80.1 Å². The van der Waals surface area contributed by atoms with Crippen LogP contribution in [0.15, 0.2) is 53.1 Å². The first kappa shape index (κ1) is 15.1. The van der Waals surface area contributed by atoms with Crippen molar-refractivity contribution in [3.8, 4) is 22.6 Å². The summed E-state index contributed by atoms with van der Waals surface area (Å²) in [6.45, 7) is 0.909. The van der Waals surface area contributed by atoms with Gasteiger partial charge < -0.3 is 14.5 Å². The molecule has 2 aromatic heterocycles. The average Bonchev–Trinajstić information content (AvgIpc) is 3.27. The molecule has 3 aromatic rings. The van der Waals surface area contributed by atoms with Gasteiger partial charge in [0.25, 0.3) is 5.91 Å². The molecule has 118 valence electrons. The van der Waals surface area contributed by atoms with Crippen molar-refractivity contribution in [2.75, 3.05) is 20.3 Å². The molecule has 2 heterocycles. The number of hydrogen-bond acceptors (Lipinski definition) is 4. The molecule has 1 amide bonds. The SMILES string of the molecule is COCCNC(=O)c1ccc(-c2cccc(-c3ccn[nH]3)c2)o1. The average molecular weight is 311 g/mol. The Labute approximate surface area is 133 Å². The van der Waals surface area contributed by atoms with Crippen LogP contribution in [0.5, 0.6) is 0 Å². The Hall–Kier alpha value is -2.86. The predicted molar refractivity (Wildman–Crippen MR) is 85.9 cm³/mol. The van der Waals surface area contributed by atoms with Crippen LogP contribution in [0.3, 0.4) is 0 Å². The van der Waals surface area contributed by atoms with Crippen LogP contribution < -0.4 is 5.32 Å². The molecule has 0 fully saturated rings. The number of benzene rings is 1. The van der Waals surface area contributed by atoms with Crippen LogP contribution in [-0.4, -0.2) is 36.4 Å². The number of carbonyl (C=O) groups excluding carboxylic acids is 1. The van der Waals surface area contributed by atoms with Crippen molar-refractivity contribution >= 4 is 5.91 Å². The molecule has 0 spiro atoms. The quantitative estimate of drug-likeness (QED) is 0.686. The van der Waals surface area contributed by atoms with E-state index in [2.05, 4.69) is 15.5 Å². The first-order valence-electron chi connectivity index (χ1n) is 7.25. The lowest BCUT2D eigenvalue weighted by Crippen LogP contribution is -2.26. The van der Waals surface area contributed by atoms with E-state index in [4.69, 9.17) is 9.15 Å². The van der Waals surface area contributed by atoms with Gasteiger partial charge in [0, 0.05) is 31.0 Å². The Balaban J connectivity index is 1.78. The molecule has 2 N–H and O–H groups in total. The highest BCUT2D eigenvalue weighted by molar-refractivity contribution is 5.92. The van der Waals surface area contributed by atoms with Crippen molar-refractivity contribution in [2.45, 2.75) is 0 Å². The fourth-order valence-corrected chi connectivity index (χ4v) is 2.23. The fourth-order valence-electron chi connectivity index (χ4n) is 2.23. The summed E-state index contributed by atoms with van der Waals surface area (Å²) in [7, 11) is 1.59. The minimum atomic E-state index is -0.252. The maximum absolute atomic E-state index is 11.9. The fraction of sp³-hybridized carbons (Fsp3) is 0.176. The van der Waals surface area contributed by atoms with Crippen LogP contribution in [0.4, 0.5) is 0 Å². The van der Waals surface area contributed by atoms with E-state index in [1.165, 1.54) is 0 Å². The highest BCUT2D eigenvalue weighted by Crippen LogP contribution is 2.26. The zero-order valence-electron chi connectivity index (χ0n) is 12.7. The van der Waals surface area contributed by atoms with E-state index < -0.39 is 0 Å². The Morgan fingerprint density at radius 3 is 2.91 bits per heavy atom. The summed E-state index contributed by atoms with van der Waals surface area (Å²) in [5.74, 6) is 0.671. The van der Waals surface area contributed by atoms with Gasteiger partial charge >= 0.3 is 0 Å². The molecule has 6 nitrogen and oxygen atoms in total. The molecule has 1 aromatic carbocycles. The Morgan fingerprint density at radius 2 is 2.13 bits per heavy atom. The van der Waals surface area contributed by atoms with Gasteiger partial charge in [-0.2, -0.15) is 5.10 Å². The second kappa shape index (κ2) is 6.93. The van der Waals surface area contributed by atoms with Crippen LogP contribution in [0, 0.1) is 0 Å². The van der Waals surface area contributed by atoms with E-state index in [0.717, 1.165) is 16.8 Å². The number of amides is 1. The van der Waals surface area contributed by atoms with Crippen LogP contribution in [0.2, 0.25) is 0 Å². The Bertz CT molecular complexity index is 778. The summed E-state index contributed by atoms with van der Waals surface area (Å²) < 4.78 is 10.6. The number of H-pyrrole nitrogens is 1. The lowest BCUT2D eigenvalue weighted by molar-refractivity contribution is 0.0910. The number of carbonyl (C=O) groups is 1. The highest BCUT2D eigenvalue weighted by atomic mass is 16.5. The summed E-state index contributed by atoms with van der Waals surface area (Å²) in [4.78, 5) is 11.9. The molecule has 0 radical (unpaired) electrons. The van der Waals surface area contributed by atoms with Gasteiger partial charge in [0.1, 0.15) is 5.76 Å². The van der Waals surface area contributed by atoms with Gasteiger partial charge in [-0.05, 0) is 24.3 Å². The summed E-state index contributed by atoms with van der Waals surface area (Å²) in [6, 6.07) is 13.2. The van der Waals surface area contributed by atoms with Gasteiger partial charge in [-0.15, -0.1) is 0 Å². The van der Waals surface area contributed by atoms with Crippen molar-refractivity contribution in [1.82, 2.24) is 15.5 Å². The molecular formula is C17H17N3O3. The lowest BCUT2D eigenvalue weighted by Gasteiger charge is -2.03. The standard InChI is InChI=1S/C17H17N3O3/c1-22-10-9-18-17(21)16-6-5-15(23-16)13-4-2-3-12(11-13)14-7-8-19-20-14/h2-8,11H,9-10H2,1H3,(H,18,21)(H,19,20). The third-order valence-electron chi connectivity index (χ3n) is 3.38. The molecule has 0 atom stereocenters. The second-order valence-corrected chi connectivity index (χ2v) is 4.96. The molecule has 0 saturated heterocycles. The normalized spacial score (nSPS) is 10.7. The molecule has 0 bridgehead atoms. The summed E-state index contributed by atoms with van der Waals surface area (Å²) >= 11 is 0. The first-order valence-corrected chi connectivity index (χ1v) is 7.25. The third kappa shape index (κ3) is 3.49. The third-order valence-corrected chi connectivity index (χ3v) is 3.38. The van der Waals surface area contributed by atoms with Crippen molar-refractivity contribution in [3.05, 3.63) is 54.4 Å². The number of ether oxygens (including phenoxy) is 1. The van der Waals surface area contributed by atoms with E-state index in [-0.39, 0.29) is 11.7 Å². The first-order chi connectivity index (χ1) is 11.3. The number of aromatic nitrogens is 2. The van der Waals surface area contributed by atoms with Gasteiger partial charge in [-0.3, -0.25) is 9.89 Å². The van der Waals surface area contributed by atoms with E-state index in [9.17, 15) is 4.79 Å². The van der Waals surface area contributed by atoms with Gasteiger partial charge in [0.05, 0.1) is 12.3 Å². The summed E-state index contributed by atoms with van der Waals surface area (Å²) in [5.41, 5.74) is 2.83. The van der Waals surface area contributed by atoms with Gasteiger partial charge in [0.2, 0.25) is 0 Å². The predicted octanol–water partition coefficient (Wildman–Crippen LogP) is 2.71. The summed E-state index contributed by atoms with van der Waals surface area (Å²) in [6.07, 6.45) is 1.71. The van der Waals surface area contributed by atoms with E-state index in [0.29, 0.717) is 18.9 Å². The maximum Gasteiger partial charge on any atom is 0.287 e. The van der Waals surface area contributed by atoms with E-state index >= 15 is 0 Å². The van der Waals surface area contributed by atoms with Crippen LogP contribution in [0.25, 0.3) is 22.6 Å². The van der Waals surface area contributed by atoms with Gasteiger partial charge in [-0.1, -0.05) is 18.2 Å². The maximum atomic E-state index is 11.9. The number of nitrogens with zero attached hydrogens (tertiary/aromatic N) is 1. The number of methoxy groups -OCH3 is 1. The second-order valence-electron chi connectivity index (χ2n) is 4.96. The molecular weight excluding hydrogens is 294 g/mol. The van der Waals surface area contributed by atoms with Crippen molar-refractivity contribution in [2.24, 2.45) is 0 Å². The number of nitrogens with one attached hydrogen (secondary N) is 2. The lowest BCUT2D eigenvalue weighted by atomic mass is 10.1. The Morgan fingerprint density at radius 1 is 1.26 bits per heavy atom. The Kier molecular flexibility index (Phi) is 4.54. The van der Waals surface area contributed by atoms with Crippen LogP contribution in [0.1, 0.15) is 10.6 Å². The number of aromatic amines is 1. The van der Waals surface area contributed by atoms with Crippen LogP contribution in [-0.2, 0) is 4.74 Å². The number of hydrogen-bond donors (Lipinski definition) is 2. The van der Waals surface area contributed by atoms with Crippen LogP contribution >= 0.6 is 0 Å². The molecule has 6 heteroatoms. The van der Waals surface area contributed by atoms with E-state index in [1.54, 1.807) is 25.4 Å². The largest absolute Gasteiger partial charge is 0.451 e. The van der Waals surface area contributed by atoms with Crippen molar-refractivity contribution < 1.29 is 13.9 Å². The van der Waals surface area contributed by atoms with Crippen molar-refractivity contribution in [3.63, 3.8) is 0 Å². The zero-order chi connectivity index (χ0) is 16.1. The minimum absolute atomic E-state index is 0.252. The van der Waals surface area contributed by atoms with Gasteiger partial charge in [-0.25, -0.2) is 0 Å². The number of furan rings is 1. The zero-order valence-corrected chi connectivity index (χ0v) is 12.7. The van der Waals surface area contributed by atoms with Crippen molar-refractivity contribution in [1.29, 1.82) is 0 Å². The molecule has 0 aliphatic rings. The molecule has 23 heavy (non-hydrogen) atoms. The summed E-state index contributed by atoms with van der Waals surface area (Å²) in [5, 5.41) is 9.61.